The van der Waals surface area contributed by atoms with Gasteiger partial charge in [-0.3, -0.25) is 4.99 Å². The van der Waals surface area contributed by atoms with Gasteiger partial charge in [0.1, 0.15) is 0 Å². The predicted octanol–water partition coefficient (Wildman–Crippen LogP) is 2.89. The van der Waals surface area contributed by atoms with Gasteiger partial charge in [0.2, 0.25) is 0 Å². The van der Waals surface area contributed by atoms with Gasteiger partial charge in [0, 0.05) is 11.9 Å². The van der Waals surface area contributed by atoms with Crippen molar-refractivity contribution in [3.8, 4) is 0 Å². The molecule has 0 spiro atoms. The summed E-state index contributed by atoms with van der Waals surface area (Å²) in [5.41, 5.74) is 1.87. The first-order valence-corrected chi connectivity index (χ1v) is 3.37. The van der Waals surface area contributed by atoms with Crippen molar-refractivity contribution in [1.82, 2.24) is 0 Å². The third-order valence-electron chi connectivity index (χ3n) is 1.22. The summed E-state index contributed by atoms with van der Waals surface area (Å²) in [4.78, 5) is 4.01. The van der Waals surface area contributed by atoms with Crippen molar-refractivity contribution >= 4 is 5.71 Å². The summed E-state index contributed by atoms with van der Waals surface area (Å²) in [6, 6.07) is 0. The number of hydrogen-bond acceptors (Lipinski definition) is 1. The summed E-state index contributed by atoms with van der Waals surface area (Å²) in [5, 5.41) is 0. The molecule has 0 saturated carbocycles. The van der Waals surface area contributed by atoms with Crippen molar-refractivity contribution in [2.45, 2.75) is 6.92 Å². The summed E-state index contributed by atoms with van der Waals surface area (Å²) in [7, 11) is 0. The highest BCUT2D eigenvalue weighted by Gasteiger charge is 1.91. The van der Waals surface area contributed by atoms with E-state index in [0.29, 0.717) is 0 Å². The molecule has 0 aromatic heterocycles. The molecule has 0 radical (unpaired) electrons. The van der Waals surface area contributed by atoms with Crippen LogP contribution in [0.5, 0.6) is 0 Å². The predicted molar refractivity (Wildman–Crippen MR) is 51.8 cm³/mol. The molecule has 1 nitrogen and oxygen atoms in total. The van der Waals surface area contributed by atoms with E-state index in [1.807, 2.05) is 13.0 Å². The second-order valence-corrected chi connectivity index (χ2v) is 1.96. The van der Waals surface area contributed by atoms with Gasteiger partial charge >= 0.3 is 0 Å². The molecule has 11 heavy (non-hydrogen) atoms. The first-order valence-electron chi connectivity index (χ1n) is 3.37. The molecule has 1 heteroatoms. The second-order valence-electron chi connectivity index (χ2n) is 1.96. The maximum atomic E-state index is 4.01. The molecule has 0 aliphatic rings. The van der Waals surface area contributed by atoms with Crippen LogP contribution < -0.4 is 0 Å². The van der Waals surface area contributed by atoms with Gasteiger partial charge in [-0.25, -0.2) is 0 Å². The molecule has 0 N–H and O–H groups in total. The zero-order valence-corrected chi connectivity index (χ0v) is 6.88. The van der Waals surface area contributed by atoms with Crippen molar-refractivity contribution in [2.75, 3.05) is 0 Å². The Hall–Kier alpha value is -1.37. The highest BCUT2D eigenvalue weighted by atomic mass is 14.7. The SMILES string of the molecule is C=C/C=C(\C=C)C(C)=NC=C. The van der Waals surface area contributed by atoms with E-state index in [2.05, 4.69) is 24.7 Å². The smallest absolute Gasteiger partial charge is 0.0444 e. The van der Waals surface area contributed by atoms with E-state index in [0.717, 1.165) is 11.3 Å². The minimum absolute atomic E-state index is 0.898. The molecule has 0 fully saturated rings. The van der Waals surface area contributed by atoms with Gasteiger partial charge in [-0.1, -0.05) is 38.0 Å². The summed E-state index contributed by atoms with van der Waals surface area (Å²) in [5.74, 6) is 0. The van der Waals surface area contributed by atoms with Crippen LogP contribution in [0, 0.1) is 0 Å². The van der Waals surface area contributed by atoms with E-state index in [9.17, 15) is 0 Å². The van der Waals surface area contributed by atoms with Gasteiger partial charge in [0.05, 0.1) is 0 Å². The lowest BCUT2D eigenvalue weighted by molar-refractivity contribution is 1.52. The van der Waals surface area contributed by atoms with Gasteiger partial charge in [-0.15, -0.1) is 0 Å². The fraction of sp³-hybridized carbons (Fsp3) is 0.100. The Balaban J connectivity index is 4.63. The molecular weight excluding hydrogens is 134 g/mol. The zero-order chi connectivity index (χ0) is 8.69. The van der Waals surface area contributed by atoms with Gasteiger partial charge in [0.15, 0.2) is 0 Å². The quantitative estimate of drug-likeness (QED) is 0.428. The van der Waals surface area contributed by atoms with Crippen molar-refractivity contribution in [3.63, 3.8) is 0 Å². The first kappa shape index (κ1) is 9.63. The lowest BCUT2D eigenvalue weighted by atomic mass is 10.1. The van der Waals surface area contributed by atoms with E-state index in [1.54, 1.807) is 12.2 Å². The van der Waals surface area contributed by atoms with Gasteiger partial charge in [-0.2, -0.15) is 0 Å². The first-order chi connectivity index (χ1) is 5.26. The Morgan fingerprint density at radius 2 is 1.91 bits per heavy atom. The number of allylic oxidation sites excluding steroid dienone is 4. The lowest BCUT2D eigenvalue weighted by Crippen LogP contribution is -1.92. The van der Waals surface area contributed by atoms with Crippen molar-refractivity contribution in [2.24, 2.45) is 4.99 Å². The number of rotatable bonds is 4. The standard InChI is InChI=1S/C10H13N/c1-5-8-10(6-2)9(4)11-7-3/h5-8H,1-3H2,4H3/b10-8+,11-9?. The van der Waals surface area contributed by atoms with Gasteiger partial charge in [-0.05, 0) is 12.5 Å². The Morgan fingerprint density at radius 3 is 2.27 bits per heavy atom. The van der Waals surface area contributed by atoms with E-state index in [-0.39, 0.29) is 0 Å². The number of nitrogens with zero attached hydrogens (tertiary/aromatic N) is 1. The maximum Gasteiger partial charge on any atom is 0.0444 e. The third kappa shape index (κ3) is 3.36. The van der Waals surface area contributed by atoms with Crippen LogP contribution in [-0.2, 0) is 0 Å². The molecule has 0 aliphatic heterocycles. The maximum absolute atomic E-state index is 4.01. The molecule has 0 rings (SSSR count). The Morgan fingerprint density at radius 1 is 1.27 bits per heavy atom. The fourth-order valence-corrected chi connectivity index (χ4v) is 0.675. The molecule has 0 bridgehead atoms. The fourth-order valence-electron chi connectivity index (χ4n) is 0.675. The average molecular weight is 147 g/mol. The van der Waals surface area contributed by atoms with Gasteiger partial charge in [0.25, 0.3) is 0 Å². The molecule has 0 unspecified atom stereocenters. The minimum Gasteiger partial charge on any atom is -0.262 e. The van der Waals surface area contributed by atoms with Crippen LogP contribution in [0.3, 0.4) is 0 Å². The minimum atomic E-state index is 0.898. The van der Waals surface area contributed by atoms with Crippen molar-refractivity contribution < 1.29 is 0 Å². The van der Waals surface area contributed by atoms with Crippen molar-refractivity contribution in [1.29, 1.82) is 0 Å². The second kappa shape index (κ2) is 5.42. The summed E-state index contributed by atoms with van der Waals surface area (Å²) < 4.78 is 0. The highest BCUT2D eigenvalue weighted by molar-refractivity contribution is 6.01. The molecule has 0 aromatic carbocycles. The van der Waals surface area contributed by atoms with E-state index >= 15 is 0 Å². The van der Waals surface area contributed by atoms with Crippen LogP contribution >= 0.6 is 0 Å². The van der Waals surface area contributed by atoms with Crippen LogP contribution in [0.15, 0.2) is 54.7 Å². The Labute approximate surface area is 68.2 Å². The van der Waals surface area contributed by atoms with E-state index < -0.39 is 0 Å². The topological polar surface area (TPSA) is 12.4 Å². The molecular formula is C10H13N. The molecule has 0 atom stereocenters. The van der Waals surface area contributed by atoms with Crippen LogP contribution in [0.4, 0.5) is 0 Å². The molecule has 0 heterocycles. The van der Waals surface area contributed by atoms with Crippen LogP contribution in [0.2, 0.25) is 0 Å². The van der Waals surface area contributed by atoms with E-state index in [4.69, 9.17) is 0 Å². The average Bonchev–Trinajstić information content (AvgIpc) is 2.00. The van der Waals surface area contributed by atoms with Crippen molar-refractivity contribution in [3.05, 3.63) is 49.7 Å². The molecule has 0 aromatic rings. The van der Waals surface area contributed by atoms with E-state index in [1.165, 1.54) is 6.20 Å². The Bertz CT molecular complexity index is 219. The molecule has 0 amide bonds. The van der Waals surface area contributed by atoms with Gasteiger partial charge < -0.3 is 0 Å². The van der Waals surface area contributed by atoms with Crippen LogP contribution in [0.25, 0.3) is 0 Å². The van der Waals surface area contributed by atoms with Crippen LogP contribution in [0.1, 0.15) is 6.92 Å². The summed E-state index contributed by atoms with van der Waals surface area (Å²) in [6.45, 7) is 12.6. The molecule has 0 aliphatic carbocycles. The molecule has 0 saturated heterocycles. The Kier molecular flexibility index (Phi) is 4.74. The lowest BCUT2D eigenvalue weighted by Gasteiger charge is -1.96. The zero-order valence-electron chi connectivity index (χ0n) is 6.88. The largest absolute Gasteiger partial charge is 0.262 e. The normalized spacial score (nSPS) is 12.5. The third-order valence-corrected chi connectivity index (χ3v) is 1.22. The molecule has 58 valence electrons. The number of hydrogen-bond donors (Lipinski definition) is 0. The summed E-state index contributed by atoms with van der Waals surface area (Å²) in [6.07, 6.45) is 6.81. The van der Waals surface area contributed by atoms with Crippen LogP contribution in [-0.4, -0.2) is 5.71 Å². The summed E-state index contributed by atoms with van der Waals surface area (Å²) >= 11 is 0. The number of aliphatic imine (C=N–C) groups is 1. The highest BCUT2D eigenvalue weighted by Crippen LogP contribution is 1.99. The monoisotopic (exact) mass is 147 g/mol.